The maximum Gasteiger partial charge on any atom is 0.138 e. The number of nitrogens with two attached hydrogens (primary N) is 1. The highest BCUT2D eigenvalue weighted by atomic mass is 79.9. The minimum atomic E-state index is -1.06. The fourth-order valence-corrected chi connectivity index (χ4v) is 1.39. The van der Waals surface area contributed by atoms with E-state index in [0.29, 0.717) is 5.56 Å². The van der Waals surface area contributed by atoms with Gasteiger partial charge in [-0.05, 0) is 6.07 Å². The first-order chi connectivity index (χ1) is 5.25. The van der Waals surface area contributed by atoms with E-state index in [1.54, 1.807) is 18.2 Å². The normalized spacial score (nSPS) is 11.9. The van der Waals surface area contributed by atoms with Gasteiger partial charge in [0, 0.05) is 16.6 Å². The van der Waals surface area contributed by atoms with Crippen LogP contribution in [0.1, 0.15) is 11.7 Å². The van der Waals surface area contributed by atoms with Gasteiger partial charge in [-0.25, -0.2) is 4.39 Å². The summed E-state index contributed by atoms with van der Waals surface area (Å²) in [4.78, 5) is 0. The van der Waals surface area contributed by atoms with Crippen molar-refractivity contribution in [1.82, 2.24) is 0 Å². The molecule has 1 aromatic carbocycles. The van der Waals surface area contributed by atoms with Gasteiger partial charge >= 0.3 is 0 Å². The van der Waals surface area contributed by atoms with Gasteiger partial charge in [-0.15, -0.1) is 12.4 Å². The monoisotopic (exact) mass is 253 g/mol. The van der Waals surface area contributed by atoms with Gasteiger partial charge in [-0.3, -0.25) is 0 Å². The Morgan fingerprint density at radius 1 is 1.42 bits per heavy atom. The van der Waals surface area contributed by atoms with Gasteiger partial charge in [0.25, 0.3) is 0 Å². The summed E-state index contributed by atoms with van der Waals surface area (Å²) in [5, 5.41) is 0. The molecule has 0 aliphatic carbocycles. The number of benzene rings is 1. The van der Waals surface area contributed by atoms with Crippen molar-refractivity contribution in [2.75, 3.05) is 6.54 Å². The van der Waals surface area contributed by atoms with Crippen LogP contribution in [0.4, 0.5) is 4.39 Å². The molecule has 1 unspecified atom stereocenters. The molecule has 1 rings (SSSR count). The molecule has 0 aliphatic rings. The third kappa shape index (κ3) is 2.73. The van der Waals surface area contributed by atoms with Crippen LogP contribution in [0.2, 0.25) is 0 Å². The Morgan fingerprint density at radius 2 is 2.00 bits per heavy atom. The smallest absolute Gasteiger partial charge is 0.138 e. The Morgan fingerprint density at radius 3 is 2.50 bits per heavy atom. The van der Waals surface area contributed by atoms with E-state index in [-0.39, 0.29) is 19.0 Å². The van der Waals surface area contributed by atoms with E-state index in [9.17, 15) is 4.39 Å². The van der Waals surface area contributed by atoms with Crippen LogP contribution in [0.15, 0.2) is 28.7 Å². The Hall–Kier alpha value is -0.120. The van der Waals surface area contributed by atoms with E-state index >= 15 is 0 Å². The number of rotatable bonds is 2. The molecule has 12 heavy (non-hydrogen) atoms. The zero-order valence-electron chi connectivity index (χ0n) is 6.34. The predicted octanol–water partition coefficient (Wildman–Crippen LogP) is 2.84. The highest BCUT2D eigenvalue weighted by Gasteiger charge is 2.09. The van der Waals surface area contributed by atoms with Crippen molar-refractivity contribution in [2.45, 2.75) is 6.17 Å². The molecule has 0 aromatic heterocycles. The third-order valence-electron chi connectivity index (χ3n) is 1.45. The summed E-state index contributed by atoms with van der Waals surface area (Å²) >= 11 is 3.24. The lowest BCUT2D eigenvalue weighted by Crippen LogP contribution is -2.07. The molecular formula is C8H10BrClFN. The van der Waals surface area contributed by atoms with E-state index < -0.39 is 6.17 Å². The molecular weight excluding hydrogens is 244 g/mol. The molecule has 0 bridgehead atoms. The zero-order valence-corrected chi connectivity index (χ0v) is 8.74. The third-order valence-corrected chi connectivity index (χ3v) is 2.17. The van der Waals surface area contributed by atoms with Crippen LogP contribution >= 0.6 is 28.3 Å². The van der Waals surface area contributed by atoms with Gasteiger partial charge in [-0.2, -0.15) is 0 Å². The van der Waals surface area contributed by atoms with Crippen LogP contribution in [-0.2, 0) is 0 Å². The Kier molecular flexibility index (Phi) is 5.46. The molecule has 0 spiro atoms. The maximum absolute atomic E-state index is 13.0. The largest absolute Gasteiger partial charge is 0.327 e. The van der Waals surface area contributed by atoms with E-state index in [1.807, 2.05) is 6.07 Å². The number of hydrogen-bond acceptors (Lipinski definition) is 1. The van der Waals surface area contributed by atoms with Crippen molar-refractivity contribution in [3.8, 4) is 0 Å². The fourth-order valence-electron chi connectivity index (χ4n) is 0.856. The van der Waals surface area contributed by atoms with Crippen LogP contribution in [-0.4, -0.2) is 6.54 Å². The molecule has 0 heterocycles. The Bertz CT molecular complexity index is 244. The maximum atomic E-state index is 13.0. The molecule has 1 nitrogen and oxygen atoms in total. The van der Waals surface area contributed by atoms with Crippen LogP contribution in [0.5, 0.6) is 0 Å². The van der Waals surface area contributed by atoms with Gasteiger partial charge in [0.1, 0.15) is 6.17 Å². The number of halogens is 3. The summed E-state index contributed by atoms with van der Waals surface area (Å²) in [7, 11) is 0. The van der Waals surface area contributed by atoms with Crippen molar-refractivity contribution < 1.29 is 4.39 Å². The molecule has 0 radical (unpaired) electrons. The molecule has 68 valence electrons. The average molecular weight is 255 g/mol. The first-order valence-corrected chi connectivity index (χ1v) is 4.13. The van der Waals surface area contributed by atoms with E-state index in [0.717, 1.165) is 4.47 Å². The number of alkyl halides is 1. The van der Waals surface area contributed by atoms with Crippen LogP contribution in [0, 0.1) is 0 Å². The standard InChI is InChI=1S/C8H9BrFN.ClH/c9-7-4-2-1-3-6(7)8(10)5-11;/h1-4,8H,5,11H2;1H. The SMILES string of the molecule is Cl.NCC(F)c1ccccc1Br. The van der Waals surface area contributed by atoms with E-state index in [2.05, 4.69) is 15.9 Å². The molecule has 0 saturated carbocycles. The minimum absolute atomic E-state index is 0. The Balaban J connectivity index is 0.00000121. The summed E-state index contributed by atoms with van der Waals surface area (Å²) in [5.74, 6) is 0. The van der Waals surface area contributed by atoms with E-state index in [1.165, 1.54) is 0 Å². The number of hydrogen-bond donors (Lipinski definition) is 1. The van der Waals surface area contributed by atoms with Crippen LogP contribution in [0.25, 0.3) is 0 Å². The molecule has 0 amide bonds. The van der Waals surface area contributed by atoms with Crippen molar-refractivity contribution >= 4 is 28.3 Å². The second-order valence-corrected chi connectivity index (χ2v) is 3.08. The van der Waals surface area contributed by atoms with Crippen LogP contribution in [0.3, 0.4) is 0 Å². The van der Waals surface area contributed by atoms with Crippen molar-refractivity contribution in [1.29, 1.82) is 0 Å². The van der Waals surface area contributed by atoms with Gasteiger partial charge in [0.15, 0.2) is 0 Å². The Labute approximate surface area is 85.7 Å². The van der Waals surface area contributed by atoms with Gasteiger partial charge in [0.2, 0.25) is 0 Å². The predicted molar refractivity (Wildman–Crippen MR) is 54.3 cm³/mol. The average Bonchev–Trinajstić information content (AvgIpc) is 2.04. The molecule has 0 fully saturated rings. The molecule has 2 N–H and O–H groups in total. The first kappa shape index (κ1) is 11.9. The summed E-state index contributed by atoms with van der Waals surface area (Å²) in [6, 6.07) is 7.17. The first-order valence-electron chi connectivity index (χ1n) is 3.34. The lowest BCUT2D eigenvalue weighted by atomic mass is 10.1. The summed E-state index contributed by atoms with van der Waals surface area (Å²) in [6.45, 7) is 0.0304. The zero-order chi connectivity index (χ0) is 8.27. The topological polar surface area (TPSA) is 26.0 Å². The summed E-state index contributed by atoms with van der Waals surface area (Å²) in [5.41, 5.74) is 5.80. The van der Waals surface area contributed by atoms with E-state index in [4.69, 9.17) is 5.73 Å². The van der Waals surface area contributed by atoms with Crippen molar-refractivity contribution in [3.05, 3.63) is 34.3 Å². The molecule has 1 aromatic rings. The molecule has 0 saturated heterocycles. The second-order valence-electron chi connectivity index (χ2n) is 2.22. The van der Waals surface area contributed by atoms with Gasteiger partial charge < -0.3 is 5.73 Å². The fraction of sp³-hybridized carbons (Fsp3) is 0.250. The van der Waals surface area contributed by atoms with Crippen molar-refractivity contribution in [3.63, 3.8) is 0 Å². The van der Waals surface area contributed by atoms with Gasteiger partial charge in [0.05, 0.1) is 0 Å². The molecule has 0 aliphatic heterocycles. The minimum Gasteiger partial charge on any atom is -0.327 e. The molecule has 4 heteroatoms. The highest BCUT2D eigenvalue weighted by molar-refractivity contribution is 9.10. The van der Waals surface area contributed by atoms with Gasteiger partial charge in [-0.1, -0.05) is 34.1 Å². The summed E-state index contributed by atoms with van der Waals surface area (Å²) in [6.07, 6.45) is -1.06. The highest BCUT2D eigenvalue weighted by Crippen LogP contribution is 2.24. The second kappa shape index (κ2) is 5.51. The van der Waals surface area contributed by atoms with Crippen LogP contribution < -0.4 is 5.73 Å². The quantitative estimate of drug-likeness (QED) is 0.863. The lowest BCUT2D eigenvalue weighted by Gasteiger charge is -2.06. The summed E-state index contributed by atoms with van der Waals surface area (Å²) < 4.78 is 13.7. The van der Waals surface area contributed by atoms with Crippen molar-refractivity contribution in [2.24, 2.45) is 5.73 Å². The molecule has 1 atom stereocenters. The lowest BCUT2D eigenvalue weighted by molar-refractivity contribution is 0.351.